The fraction of sp³-hybridized carbons (Fsp3) is 0.538. The van der Waals surface area contributed by atoms with Crippen molar-refractivity contribution in [2.75, 3.05) is 33.0 Å². The summed E-state index contributed by atoms with van der Waals surface area (Å²) < 4.78 is 11.9. The summed E-state index contributed by atoms with van der Waals surface area (Å²) in [5.41, 5.74) is 7.83. The smallest absolute Gasteiger partial charge is 0.0971 e. The van der Waals surface area contributed by atoms with Crippen molar-refractivity contribution in [1.29, 1.82) is 0 Å². The quantitative estimate of drug-likeness (QED) is 0.862. The molecule has 1 saturated heterocycles. The van der Waals surface area contributed by atoms with E-state index in [1.54, 1.807) is 14.2 Å². The Morgan fingerprint density at radius 1 is 1.22 bits per heavy atom. The molecule has 4 nitrogen and oxygen atoms in total. The van der Waals surface area contributed by atoms with E-state index in [9.17, 15) is 0 Å². The van der Waals surface area contributed by atoms with Crippen LogP contribution in [-0.2, 0) is 16.0 Å². The van der Waals surface area contributed by atoms with Crippen LogP contribution < -0.4 is 5.73 Å². The van der Waals surface area contributed by atoms with E-state index >= 15 is 0 Å². The topological polar surface area (TPSA) is 47.7 Å². The average molecular weight is 315 g/mol. The molecule has 1 aromatic rings. The molecule has 0 radical (unpaired) electrons. The molecule has 0 aromatic heterocycles. The number of hydrogen-bond acceptors (Lipinski definition) is 4. The normalized spacial score (nSPS) is 24.6. The van der Waals surface area contributed by atoms with Gasteiger partial charge in [0.25, 0.3) is 0 Å². The number of halogens is 1. The molecule has 0 aliphatic carbocycles. The minimum atomic E-state index is 0.152. The summed E-state index contributed by atoms with van der Waals surface area (Å²) >= 11 is 3.47. The molecule has 1 heterocycles. The molecule has 100 valence electrons. The van der Waals surface area contributed by atoms with Crippen LogP contribution >= 0.6 is 15.9 Å². The molecule has 1 fully saturated rings. The summed E-state index contributed by atoms with van der Waals surface area (Å²) in [5.74, 6) is 0. The minimum Gasteiger partial charge on any atom is -0.399 e. The van der Waals surface area contributed by atoms with Gasteiger partial charge in [-0.2, -0.15) is 0 Å². The van der Waals surface area contributed by atoms with E-state index in [1.807, 2.05) is 12.1 Å². The number of likely N-dealkylation sites (tertiary alicyclic amines) is 1. The zero-order chi connectivity index (χ0) is 13.1. The Morgan fingerprint density at radius 2 is 1.83 bits per heavy atom. The molecule has 1 aliphatic rings. The van der Waals surface area contributed by atoms with Gasteiger partial charge >= 0.3 is 0 Å². The second-order valence-electron chi connectivity index (χ2n) is 4.64. The van der Waals surface area contributed by atoms with E-state index in [4.69, 9.17) is 15.2 Å². The summed E-state index contributed by atoms with van der Waals surface area (Å²) in [7, 11) is 3.47. The van der Waals surface area contributed by atoms with Crippen molar-refractivity contribution in [2.24, 2.45) is 0 Å². The van der Waals surface area contributed by atoms with Gasteiger partial charge < -0.3 is 15.2 Å². The number of ether oxygens (including phenoxy) is 2. The van der Waals surface area contributed by atoms with E-state index in [-0.39, 0.29) is 12.2 Å². The van der Waals surface area contributed by atoms with E-state index in [0.717, 1.165) is 29.8 Å². The van der Waals surface area contributed by atoms with Crippen molar-refractivity contribution < 1.29 is 9.47 Å². The van der Waals surface area contributed by atoms with E-state index in [0.29, 0.717) is 0 Å². The second-order valence-corrected chi connectivity index (χ2v) is 5.55. The number of hydrogen-bond donors (Lipinski definition) is 1. The van der Waals surface area contributed by atoms with Crippen molar-refractivity contribution in [3.8, 4) is 0 Å². The molecule has 18 heavy (non-hydrogen) atoms. The lowest BCUT2D eigenvalue weighted by atomic mass is 10.2. The van der Waals surface area contributed by atoms with Crippen molar-refractivity contribution in [3.05, 3.63) is 28.2 Å². The Balaban J connectivity index is 2.02. The fourth-order valence-electron chi connectivity index (χ4n) is 2.43. The van der Waals surface area contributed by atoms with Gasteiger partial charge in [-0.05, 0) is 23.8 Å². The Bertz CT molecular complexity index is 382. The van der Waals surface area contributed by atoms with Gasteiger partial charge in [0.15, 0.2) is 0 Å². The molecule has 0 bridgehead atoms. The summed E-state index contributed by atoms with van der Waals surface area (Å²) in [5, 5.41) is 0. The van der Waals surface area contributed by atoms with Gasteiger partial charge in [-0.25, -0.2) is 0 Å². The van der Waals surface area contributed by atoms with Crippen LogP contribution in [0.25, 0.3) is 0 Å². The predicted octanol–water partition coefficient (Wildman–Crippen LogP) is 1.88. The highest BCUT2D eigenvalue weighted by Crippen LogP contribution is 2.22. The predicted molar refractivity (Wildman–Crippen MR) is 75.4 cm³/mol. The highest BCUT2D eigenvalue weighted by Gasteiger charge is 2.32. The summed E-state index contributed by atoms with van der Waals surface area (Å²) in [6.07, 6.45) is 0.305. The van der Waals surface area contributed by atoms with E-state index in [1.165, 1.54) is 5.56 Å². The molecule has 2 unspecified atom stereocenters. The first-order valence-corrected chi connectivity index (χ1v) is 6.74. The zero-order valence-electron chi connectivity index (χ0n) is 10.7. The van der Waals surface area contributed by atoms with Crippen LogP contribution in [0.4, 0.5) is 5.69 Å². The maximum Gasteiger partial charge on any atom is 0.0971 e. The Labute approximate surface area is 116 Å². The average Bonchev–Trinajstić information content (AvgIpc) is 2.69. The van der Waals surface area contributed by atoms with Crippen LogP contribution in [0.15, 0.2) is 22.7 Å². The summed E-state index contributed by atoms with van der Waals surface area (Å²) in [6, 6.07) is 6.01. The third-order valence-corrected chi connectivity index (χ3v) is 3.74. The lowest BCUT2D eigenvalue weighted by molar-refractivity contribution is -0.00461. The van der Waals surface area contributed by atoms with E-state index < -0.39 is 0 Å². The number of nitrogens with two attached hydrogens (primary N) is 1. The first kappa shape index (κ1) is 13.8. The minimum absolute atomic E-state index is 0.152. The molecule has 2 rings (SSSR count). The molecule has 5 heteroatoms. The van der Waals surface area contributed by atoms with Gasteiger partial charge in [0.2, 0.25) is 0 Å². The van der Waals surface area contributed by atoms with Gasteiger partial charge in [0, 0.05) is 44.0 Å². The van der Waals surface area contributed by atoms with Crippen LogP contribution in [0, 0.1) is 0 Å². The molecular weight excluding hydrogens is 296 g/mol. The number of rotatable bonds is 4. The largest absolute Gasteiger partial charge is 0.399 e. The van der Waals surface area contributed by atoms with Crippen LogP contribution in [0.2, 0.25) is 0 Å². The van der Waals surface area contributed by atoms with Crippen LogP contribution in [0.5, 0.6) is 0 Å². The van der Waals surface area contributed by atoms with Gasteiger partial charge in [-0.1, -0.05) is 15.9 Å². The number of benzene rings is 1. The van der Waals surface area contributed by atoms with Gasteiger partial charge in [0.05, 0.1) is 12.2 Å². The molecule has 0 saturated carbocycles. The highest BCUT2D eigenvalue weighted by molar-refractivity contribution is 9.10. The van der Waals surface area contributed by atoms with Gasteiger partial charge in [0.1, 0.15) is 0 Å². The van der Waals surface area contributed by atoms with Crippen molar-refractivity contribution >= 4 is 21.6 Å². The SMILES string of the molecule is COC1CN(Cc2cc(N)cc(Br)c2)CC1OC. The number of nitrogen functional groups attached to an aromatic ring is 1. The number of methoxy groups -OCH3 is 2. The maximum absolute atomic E-state index is 5.84. The van der Waals surface area contributed by atoms with Crippen LogP contribution in [-0.4, -0.2) is 44.4 Å². The zero-order valence-corrected chi connectivity index (χ0v) is 12.3. The molecule has 0 amide bonds. The van der Waals surface area contributed by atoms with Crippen molar-refractivity contribution in [2.45, 2.75) is 18.8 Å². The van der Waals surface area contributed by atoms with E-state index in [2.05, 4.69) is 26.9 Å². The standard InChI is InChI=1S/C13H19BrN2O2/c1-17-12-7-16(8-13(12)18-2)6-9-3-10(14)5-11(15)4-9/h3-5,12-13H,6-8,15H2,1-2H3. The number of anilines is 1. The monoisotopic (exact) mass is 314 g/mol. The van der Waals surface area contributed by atoms with Gasteiger partial charge in [-0.3, -0.25) is 4.90 Å². The Hall–Kier alpha value is -0.620. The molecule has 2 atom stereocenters. The fourth-order valence-corrected chi connectivity index (χ4v) is 2.98. The molecule has 2 N–H and O–H groups in total. The molecule has 0 spiro atoms. The molecule has 1 aliphatic heterocycles. The Morgan fingerprint density at radius 3 is 2.33 bits per heavy atom. The first-order valence-electron chi connectivity index (χ1n) is 5.95. The second kappa shape index (κ2) is 6.02. The lowest BCUT2D eigenvalue weighted by Gasteiger charge is -2.15. The molecule has 1 aromatic carbocycles. The van der Waals surface area contributed by atoms with Crippen LogP contribution in [0.3, 0.4) is 0 Å². The summed E-state index contributed by atoms with van der Waals surface area (Å²) in [6.45, 7) is 2.65. The first-order chi connectivity index (χ1) is 8.62. The molecular formula is C13H19BrN2O2. The van der Waals surface area contributed by atoms with Crippen molar-refractivity contribution in [1.82, 2.24) is 4.90 Å². The number of nitrogens with zero attached hydrogens (tertiary/aromatic N) is 1. The maximum atomic E-state index is 5.84. The third kappa shape index (κ3) is 3.23. The summed E-state index contributed by atoms with van der Waals surface area (Å²) in [4.78, 5) is 2.32. The third-order valence-electron chi connectivity index (χ3n) is 3.28. The highest BCUT2D eigenvalue weighted by atomic mass is 79.9. The Kier molecular flexibility index (Phi) is 4.61. The van der Waals surface area contributed by atoms with Crippen molar-refractivity contribution in [3.63, 3.8) is 0 Å². The lowest BCUT2D eigenvalue weighted by Crippen LogP contribution is -2.27. The van der Waals surface area contributed by atoms with Gasteiger partial charge in [-0.15, -0.1) is 0 Å². The van der Waals surface area contributed by atoms with Crippen LogP contribution in [0.1, 0.15) is 5.56 Å².